The molecule has 0 heterocycles. The highest BCUT2D eigenvalue weighted by Crippen LogP contribution is 2.43. The molecule has 1 amide bonds. The summed E-state index contributed by atoms with van der Waals surface area (Å²) in [6.45, 7) is 6.80. The molecule has 0 fully saturated rings. The predicted octanol–water partition coefficient (Wildman–Crippen LogP) is 17.8. The maximum absolute atomic E-state index is 13.5. The molecule has 3 unspecified atom stereocenters. The predicted molar refractivity (Wildman–Crippen MR) is 313 cm³/mol. The molecule has 0 saturated heterocycles. The Kier molecular flexibility index (Phi) is 49.7. The van der Waals surface area contributed by atoms with Crippen molar-refractivity contribution in [3.05, 3.63) is 109 Å². The Morgan fingerprint density at radius 3 is 1.36 bits per heavy atom. The second-order valence-corrected chi connectivity index (χ2v) is 21.9. The van der Waals surface area contributed by atoms with Crippen LogP contribution in [-0.4, -0.2) is 74.3 Å². The van der Waals surface area contributed by atoms with E-state index in [2.05, 4.69) is 123 Å². The van der Waals surface area contributed by atoms with E-state index in [1.165, 1.54) is 70.6 Å². The van der Waals surface area contributed by atoms with Crippen LogP contribution in [0.2, 0.25) is 0 Å². The van der Waals surface area contributed by atoms with Crippen molar-refractivity contribution < 1.29 is 37.3 Å². The van der Waals surface area contributed by atoms with Crippen LogP contribution in [0.15, 0.2) is 109 Å². The van der Waals surface area contributed by atoms with Gasteiger partial charge in [0, 0.05) is 12.8 Å². The average molecular weight is 1040 g/mol. The summed E-state index contributed by atoms with van der Waals surface area (Å²) >= 11 is 0. The minimum absolute atomic E-state index is 0.0242. The molecule has 0 saturated carbocycles. The molecule has 3 atom stereocenters. The number of ether oxygens (including phenoxy) is 1. The van der Waals surface area contributed by atoms with Gasteiger partial charge in [0.2, 0.25) is 5.91 Å². The lowest BCUT2D eigenvalue weighted by Crippen LogP contribution is -2.47. The summed E-state index contributed by atoms with van der Waals surface area (Å²) in [6.07, 6.45) is 70.8. The third kappa shape index (κ3) is 53.3. The smallest absolute Gasteiger partial charge is 0.456 e. The van der Waals surface area contributed by atoms with E-state index in [0.29, 0.717) is 30.3 Å². The van der Waals surface area contributed by atoms with Crippen molar-refractivity contribution in [1.82, 2.24) is 5.32 Å². The zero-order chi connectivity index (χ0) is 53.6. The number of phosphoric ester groups is 1. The number of quaternary nitrogens is 1. The number of carbonyl (C=O) groups is 2. The van der Waals surface area contributed by atoms with Crippen LogP contribution in [-0.2, 0) is 27.9 Å². The SMILES string of the molecule is CC/C=C\C/C=C\C/C=C\C/C=C\C/C=C\CCCCCC(=O)OC(/C=C/CCCCCCCCCCC)C(COP(=O)(O)OCC[N+](C)(C)C)NC(=O)CCCCCC/C=C\C/C=C\C/C=C\CCCCC. The van der Waals surface area contributed by atoms with Crippen LogP contribution in [0.4, 0.5) is 0 Å². The molecule has 0 radical (unpaired) electrons. The third-order valence-corrected chi connectivity index (χ3v) is 13.2. The van der Waals surface area contributed by atoms with E-state index in [-0.39, 0.29) is 31.5 Å². The Bertz CT molecular complexity index is 1620. The fourth-order valence-corrected chi connectivity index (χ4v) is 8.41. The van der Waals surface area contributed by atoms with Crippen molar-refractivity contribution in [2.75, 3.05) is 40.9 Å². The summed E-state index contributed by atoms with van der Waals surface area (Å²) in [5, 5.41) is 3.02. The summed E-state index contributed by atoms with van der Waals surface area (Å²) in [4.78, 5) is 37.6. The highest BCUT2D eigenvalue weighted by molar-refractivity contribution is 7.47. The van der Waals surface area contributed by atoms with Gasteiger partial charge in [-0.3, -0.25) is 18.6 Å². The largest absolute Gasteiger partial charge is 0.472 e. The molecule has 0 bridgehead atoms. The Labute approximate surface area is 449 Å². The number of allylic oxidation sites excluding steroid dienone is 17. The number of unbranched alkanes of at least 4 members (excludes halogenated alkanes) is 19. The lowest BCUT2D eigenvalue weighted by Gasteiger charge is -2.27. The summed E-state index contributed by atoms with van der Waals surface area (Å²) in [7, 11) is 1.44. The van der Waals surface area contributed by atoms with E-state index >= 15 is 0 Å². The molecule has 2 N–H and O–H groups in total. The van der Waals surface area contributed by atoms with Gasteiger partial charge >= 0.3 is 13.8 Å². The van der Waals surface area contributed by atoms with Gasteiger partial charge in [-0.2, -0.15) is 0 Å². The lowest BCUT2D eigenvalue weighted by atomic mass is 10.1. The zero-order valence-corrected chi connectivity index (χ0v) is 48.5. The number of hydrogen-bond donors (Lipinski definition) is 2. The minimum Gasteiger partial charge on any atom is -0.456 e. The Morgan fingerprint density at radius 2 is 0.877 bits per heavy atom. The van der Waals surface area contributed by atoms with Crippen LogP contribution in [0.25, 0.3) is 0 Å². The van der Waals surface area contributed by atoms with Crippen LogP contribution in [0.5, 0.6) is 0 Å². The molecule has 0 aliphatic rings. The van der Waals surface area contributed by atoms with E-state index in [1.807, 2.05) is 33.3 Å². The standard InChI is InChI=1S/C63H109N2O7P/c1-7-10-13-16-19-22-25-27-29-31-32-34-36-38-41-44-47-50-53-56-63(67)72-61(54-51-48-45-42-39-24-21-18-15-12-9-3)60(59-71-73(68,69)70-58-57-65(4,5)6)64-62(66)55-52-49-46-43-40-37-35-33-30-28-26-23-20-17-14-11-8-2/h10,13,19-20,22-23,27-30,32,34-35,37-38,41,51,54,60-61H,7-9,11-12,14-18,21,24-26,31,33,36,39-40,42-50,52-53,55-59H2,1-6H3,(H-,64,66,68,69)/p+1/b13-10-,22-19-,23-20-,29-27-,30-28-,34-32-,37-35-,41-38-,54-51+. The fraction of sp³-hybridized carbons (Fsp3) is 0.683. The number of phosphoric acid groups is 1. The summed E-state index contributed by atoms with van der Waals surface area (Å²) < 4.78 is 30.6. The highest BCUT2D eigenvalue weighted by Gasteiger charge is 2.30. The van der Waals surface area contributed by atoms with Crippen LogP contribution in [0.1, 0.15) is 226 Å². The molecule has 9 nitrogen and oxygen atoms in total. The molecule has 0 aromatic heterocycles. The topological polar surface area (TPSA) is 111 Å². The number of esters is 1. The number of likely N-dealkylation sites (N-methyl/N-ethyl adjacent to an activating group) is 1. The molecule has 0 spiro atoms. The minimum atomic E-state index is -4.47. The molecule has 10 heteroatoms. The van der Waals surface area contributed by atoms with Crippen molar-refractivity contribution >= 4 is 19.7 Å². The van der Waals surface area contributed by atoms with E-state index in [4.69, 9.17) is 13.8 Å². The number of nitrogens with one attached hydrogen (secondary N) is 1. The van der Waals surface area contributed by atoms with Crippen molar-refractivity contribution in [2.45, 2.75) is 238 Å². The third-order valence-electron chi connectivity index (χ3n) is 12.2. The van der Waals surface area contributed by atoms with E-state index < -0.39 is 20.0 Å². The van der Waals surface area contributed by atoms with E-state index in [9.17, 15) is 19.0 Å². The maximum atomic E-state index is 13.5. The Hall–Kier alpha value is -3.33. The molecule has 0 aliphatic heterocycles. The number of hydrogen-bond acceptors (Lipinski definition) is 6. The molecular formula is C63H110N2O7P+. The van der Waals surface area contributed by atoms with E-state index in [0.717, 1.165) is 109 Å². The van der Waals surface area contributed by atoms with Gasteiger partial charge in [0.15, 0.2) is 0 Å². The van der Waals surface area contributed by atoms with Crippen molar-refractivity contribution in [3.63, 3.8) is 0 Å². The summed E-state index contributed by atoms with van der Waals surface area (Å²) in [5.41, 5.74) is 0. The second kappa shape index (κ2) is 52.1. The van der Waals surface area contributed by atoms with Gasteiger partial charge in [-0.25, -0.2) is 4.57 Å². The lowest BCUT2D eigenvalue weighted by molar-refractivity contribution is -0.870. The van der Waals surface area contributed by atoms with Gasteiger partial charge in [-0.05, 0) is 115 Å². The molecule has 73 heavy (non-hydrogen) atoms. The first-order valence-electron chi connectivity index (χ1n) is 29.2. The monoisotopic (exact) mass is 1040 g/mol. The first-order chi connectivity index (χ1) is 35.4. The summed E-state index contributed by atoms with van der Waals surface area (Å²) in [5.74, 6) is -0.577. The quantitative estimate of drug-likeness (QED) is 0.0205. The Balaban J connectivity index is 5.41. The number of rotatable bonds is 51. The number of carbonyl (C=O) groups excluding carboxylic acids is 2. The Morgan fingerprint density at radius 1 is 0.493 bits per heavy atom. The van der Waals surface area contributed by atoms with Crippen LogP contribution in [0.3, 0.4) is 0 Å². The van der Waals surface area contributed by atoms with Crippen LogP contribution < -0.4 is 5.32 Å². The second-order valence-electron chi connectivity index (χ2n) is 20.4. The van der Waals surface area contributed by atoms with E-state index in [1.54, 1.807) is 0 Å². The van der Waals surface area contributed by atoms with Crippen LogP contribution in [0, 0.1) is 0 Å². The van der Waals surface area contributed by atoms with Gasteiger partial charge in [0.05, 0.1) is 33.8 Å². The average Bonchev–Trinajstić information content (AvgIpc) is 3.35. The van der Waals surface area contributed by atoms with Gasteiger partial charge < -0.3 is 19.4 Å². The van der Waals surface area contributed by atoms with Gasteiger partial charge in [-0.15, -0.1) is 0 Å². The molecule has 0 aliphatic carbocycles. The van der Waals surface area contributed by atoms with Crippen molar-refractivity contribution in [3.8, 4) is 0 Å². The number of nitrogens with zero attached hydrogens (tertiary/aromatic N) is 1. The normalized spacial score (nSPS) is 14.6. The van der Waals surface area contributed by atoms with Crippen molar-refractivity contribution in [2.24, 2.45) is 0 Å². The zero-order valence-electron chi connectivity index (χ0n) is 47.6. The van der Waals surface area contributed by atoms with Crippen LogP contribution >= 0.6 is 7.82 Å². The highest BCUT2D eigenvalue weighted by atomic mass is 31.2. The first-order valence-corrected chi connectivity index (χ1v) is 30.7. The molecular weight excluding hydrogens is 928 g/mol. The molecule has 418 valence electrons. The fourth-order valence-electron chi connectivity index (χ4n) is 7.68. The van der Waals surface area contributed by atoms with Gasteiger partial charge in [-0.1, -0.05) is 208 Å². The molecule has 0 rings (SSSR count). The molecule has 0 aromatic carbocycles. The van der Waals surface area contributed by atoms with Gasteiger partial charge in [0.1, 0.15) is 19.3 Å². The van der Waals surface area contributed by atoms with Gasteiger partial charge in [0.25, 0.3) is 0 Å². The first kappa shape index (κ1) is 69.7. The number of amides is 1. The van der Waals surface area contributed by atoms with Crippen molar-refractivity contribution in [1.29, 1.82) is 0 Å². The maximum Gasteiger partial charge on any atom is 0.472 e. The summed E-state index contributed by atoms with van der Waals surface area (Å²) in [6, 6.07) is -0.880. The molecule has 0 aromatic rings.